The van der Waals surface area contributed by atoms with Gasteiger partial charge >= 0.3 is 12.1 Å². The first-order valence-electron chi connectivity index (χ1n) is 8.57. The minimum atomic E-state index is -4.73. The molecule has 0 saturated carbocycles. The van der Waals surface area contributed by atoms with Crippen molar-refractivity contribution in [3.8, 4) is 17.4 Å². The molecule has 3 rings (SSSR count). The van der Waals surface area contributed by atoms with Gasteiger partial charge in [0, 0.05) is 16.9 Å². The summed E-state index contributed by atoms with van der Waals surface area (Å²) in [6.45, 7) is 3.31. The SMILES string of the molecule is CCOC(=O)c1noc(C)c1CSc1nc(C(F)(F)F)cc(-c2ccco2)c1C#N. The van der Waals surface area contributed by atoms with Gasteiger partial charge in [0.25, 0.3) is 0 Å². The van der Waals surface area contributed by atoms with Crippen LogP contribution in [0.15, 0.2) is 38.4 Å². The highest BCUT2D eigenvalue weighted by molar-refractivity contribution is 7.98. The normalized spacial score (nSPS) is 11.3. The van der Waals surface area contributed by atoms with E-state index in [1.165, 1.54) is 18.4 Å². The van der Waals surface area contributed by atoms with Crippen molar-refractivity contribution in [1.29, 1.82) is 5.26 Å². The monoisotopic (exact) mass is 437 g/mol. The highest BCUT2D eigenvalue weighted by Gasteiger charge is 2.35. The van der Waals surface area contributed by atoms with Gasteiger partial charge in [0.05, 0.1) is 18.4 Å². The maximum Gasteiger partial charge on any atom is 0.433 e. The predicted molar refractivity (Wildman–Crippen MR) is 98.4 cm³/mol. The van der Waals surface area contributed by atoms with Gasteiger partial charge in [-0.3, -0.25) is 0 Å². The molecule has 30 heavy (non-hydrogen) atoms. The van der Waals surface area contributed by atoms with E-state index in [4.69, 9.17) is 13.7 Å². The molecule has 3 aromatic heterocycles. The van der Waals surface area contributed by atoms with E-state index in [2.05, 4.69) is 10.1 Å². The molecular weight excluding hydrogens is 423 g/mol. The number of aromatic nitrogens is 2. The minimum absolute atomic E-state index is 0.00985. The number of ether oxygens (including phenoxy) is 1. The van der Waals surface area contributed by atoms with Gasteiger partial charge < -0.3 is 13.7 Å². The second-order valence-corrected chi connectivity index (χ2v) is 6.86. The lowest BCUT2D eigenvalue weighted by Crippen LogP contribution is -2.10. The van der Waals surface area contributed by atoms with E-state index in [9.17, 15) is 23.2 Å². The number of halogens is 3. The van der Waals surface area contributed by atoms with E-state index in [0.29, 0.717) is 11.3 Å². The number of pyridine rings is 1. The Labute approximate surface area is 172 Å². The molecule has 0 aliphatic carbocycles. The molecule has 7 nitrogen and oxygen atoms in total. The van der Waals surface area contributed by atoms with Crippen LogP contribution >= 0.6 is 11.8 Å². The number of esters is 1. The second kappa shape index (κ2) is 8.62. The van der Waals surface area contributed by atoms with Gasteiger partial charge in [-0.15, -0.1) is 11.8 Å². The maximum atomic E-state index is 13.4. The van der Waals surface area contributed by atoms with Crippen molar-refractivity contribution in [2.24, 2.45) is 0 Å². The Morgan fingerprint density at radius 2 is 2.17 bits per heavy atom. The van der Waals surface area contributed by atoms with Crippen LogP contribution in [0.5, 0.6) is 0 Å². The van der Waals surface area contributed by atoms with Crippen molar-refractivity contribution >= 4 is 17.7 Å². The zero-order valence-corrected chi connectivity index (χ0v) is 16.6. The van der Waals surface area contributed by atoms with E-state index in [-0.39, 0.29) is 40.0 Å². The molecular formula is C19H14F3N3O4S. The quantitative estimate of drug-likeness (QED) is 0.392. The summed E-state index contributed by atoms with van der Waals surface area (Å²) >= 11 is 0.852. The van der Waals surface area contributed by atoms with Crippen molar-refractivity contribution in [1.82, 2.24) is 10.1 Å². The Morgan fingerprint density at radius 3 is 2.77 bits per heavy atom. The molecule has 0 amide bonds. The second-order valence-electron chi connectivity index (χ2n) is 5.90. The van der Waals surface area contributed by atoms with E-state index < -0.39 is 17.8 Å². The topological polar surface area (TPSA) is 102 Å². The molecule has 0 fully saturated rings. The van der Waals surface area contributed by atoms with Gasteiger partial charge in [0.2, 0.25) is 0 Å². The number of rotatable bonds is 6. The number of alkyl halides is 3. The third kappa shape index (κ3) is 4.33. The number of hydrogen-bond donors (Lipinski definition) is 0. The first kappa shape index (κ1) is 21.4. The molecule has 0 radical (unpaired) electrons. The van der Waals surface area contributed by atoms with E-state index >= 15 is 0 Å². The third-order valence-corrected chi connectivity index (χ3v) is 4.98. The van der Waals surface area contributed by atoms with Gasteiger partial charge in [-0.1, -0.05) is 5.16 Å². The lowest BCUT2D eigenvalue weighted by Gasteiger charge is -2.12. The largest absolute Gasteiger partial charge is 0.464 e. The molecule has 0 aliphatic rings. The molecule has 0 saturated heterocycles. The fraction of sp³-hybridized carbons (Fsp3) is 0.263. The summed E-state index contributed by atoms with van der Waals surface area (Å²) in [5.41, 5.74) is -0.988. The van der Waals surface area contributed by atoms with Crippen LogP contribution in [-0.4, -0.2) is 22.7 Å². The van der Waals surface area contributed by atoms with Crippen LogP contribution in [0.3, 0.4) is 0 Å². The van der Waals surface area contributed by atoms with Crippen LogP contribution in [0, 0.1) is 18.3 Å². The molecule has 0 bridgehead atoms. The lowest BCUT2D eigenvalue weighted by atomic mass is 10.1. The molecule has 3 aromatic rings. The van der Waals surface area contributed by atoms with Gasteiger partial charge in [0.1, 0.15) is 28.3 Å². The zero-order chi connectivity index (χ0) is 21.9. The number of carbonyl (C=O) groups is 1. The molecule has 0 spiro atoms. The van der Waals surface area contributed by atoms with Crippen molar-refractivity contribution in [3.63, 3.8) is 0 Å². The predicted octanol–water partition coefficient (Wildman–Crippen LogP) is 5.00. The first-order chi connectivity index (χ1) is 14.3. The van der Waals surface area contributed by atoms with Crippen LogP contribution < -0.4 is 0 Å². The Bertz CT molecular complexity index is 1100. The number of nitrogens with zero attached hydrogens (tertiary/aromatic N) is 3. The van der Waals surface area contributed by atoms with E-state index in [0.717, 1.165) is 17.8 Å². The highest BCUT2D eigenvalue weighted by atomic mass is 32.2. The van der Waals surface area contributed by atoms with Gasteiger partial charge in [-0.2, -0.15) is 18.4 Å². The summed E-state index contributed by atoms with van der Waals surface area (Å²) in [4.78, 5) is 15.7. The number of hydrogen-bond acceptors (Lipinski definition) is 8. The Kier molecular flexibility index (Phi) is 6.17. The number of thioether (sulfide) groups is 1. The fourth-order valence-electron chi connectivity index (χ4n) is 2.57. The van der Waals surface area contributed by atoms with Crippen LogP contribution in [0.4, 0.5) is 13.2 Å². The molecule has 0 unspecified atom stereocenters. The summed E-state index contributed by atoms with van der Waals surface area (Å²) in [6, 6.07) is 5.62. The molecule has 0 atom stereocenters. The van der Waals surface area contributed by atoms with Crippen LogP contribution in [0.1, 0.15) is 40.0 Å². The molecule has 0 aliphatic heterocycles. The van der Waals surface area contributed by atoms with E-state index in [1.807, 2.05) is 6.07 Å². The van der Waals surface area contributed by atoms with Crippen LogP contribution in [0.25, 0.3) is 11.3 Å². The molecule has 0 N–H and O–H groups in total. The van der Waals surface area contributed by atoms with Crippen LogP contribution in [-0.2, 0) is 16.7 Å². The third-order valence-electron chi connectivity index (χ3n) is 3.98. The average Bonchev–Trinajstić information content (AvgIpc) is 3.35. The number of aryl methyl sites for hydroxylation is 1. The smallest absolute Gasteiger partial charge is 0.433 e. The zero-order valence-electron chi connectivity index (χ0n) is 15.7. The number of furan rings is 1. The fourth-order valence-corrected chi connectivity index (χ4v) is 3.65. The first-order valence-corrected chi connectivity index (χ1v) is 9.56. The highest BCUT2D eigenvalue weighted by Crippen LogP contribution is 2.38. The summed E-state index contributed by atoms with van der Waals surface area (Å²) < 4.78 is 55.3. The van der Waals surface area contributed by atoms with Crippen molar-refractivity contribution in [2.75, 3.05) is 6.61 Å². The minimum Gasteiger partial charge on any atom is -0.464 e. The number of carbonyl (C=O) groups excluding carboxylic acids is 1. The maximum absolute atomic E-state index is 13.4. The Morgan fingerprint density at radius 1 is 1.40 bits per heavy atom. The summed E-state index contributed by atoms with van der Waals surface area (Å²) in [5.74, 6) is -0.306. The standard InChI is InChI=1S/C19H14F3N3O4S/c1-3-27-18(26)16-13(10(2)29-25-16)9-30-17-12(8-23)11(14-5-4-6-28-14)7-15(24-17)19(20,21)22/h4-7H,3,9H2,1-2H3. The molecule has 3 heterocycles. The average molecular weight is 437 g/mol. The molecule has 156 valence electrons. The van der Waals surface area contributed by atoms with Gasteiger partial charge in [-0.05, 0) is 32.0 Å². The Balaban J connectivity index is 2.03. The van der Waals surface area contributed by atoms with Crippen molar-refractivity contribution in [2.45, 2.75) is 30.8 Å². The molecule has 11 heteroatoms. The number of nitriles is 1. The molecule has 0 aromatic carbocycles. The van der Waals surface area contributed by atoms with Crippen molar-refractivity contribution in [3.05, 3.63) is 52.7 Å². The van der Waals surface area contributed by atoms with E-state index in [1.54, 1.807) is 13.8 Å². The lowest BCUT2D eigenvalue weighted by molar-refractivity contribution is -0.141. The summed E-state index contributed by atoms with van der Waals surface area (Å²) in [6.07, 6.45) is -3.43. The van der Waals surface area contributed by atoms with Crippen molar-refractivity contribution < 1.29 is 31.6 Å². The van der Waals surface area contributed by atoms with Gasteiger partial charge in [-0.25, -0.2) is 9.78 Å². The summed E-state index contributed by atoms with van der Waals surface area (Å²) in [5, 5.41) is 13.1. The van der Waals surface area contributed by atoms with Gasteiger partial charge in [0.15, 0.2) is 5.69 Å². The summed E-state index contributed by atoms with van der Waals surface area (Å²) in [7, 11) is 0. The Hall–Kier alpha value is -3.26. The van der Waals surface area contributed by atoms with Crippen LogP contribution in [0.2, 0.25) is 0 Å².